The zero-order valence-electron chi connectivity index (χ0n) is 17.4. The van der Waals surface area contributed by atoms with Crippen molar-refractivity contribution in [2.24, 2.45) is 0 Å². The fourth-order valence-corrected chi connectivity index (χ4v) is 0.938. The maximum atomic E-state index is 8.81. The molecule has 0 aromatic carbocycles. The molecule has 28 heavy (non-hydrogen) atoms. The van der Waals surface area contributed by atoms with Crippen LogP contribution in [0.5, 0.6) is 0 Å². The molecule has 3 aromatic rings. The highest BCUT2D eigenvalue weighted by Gasteiger charge is 1.59. The third kappa shape index (κ3) is 49.5. The summed E-state index contributed by atoms with van der Waals surface area (Å²) in [6.07, 6.45) is 13.8. The summed E-state index contributed by atoms with van der Waals surface area (Å²) >= 11 is 0. The van der Waals surface area contributed by atoms with Crippen LogP contribution in [0.1, 0.15) is 54.9 Å². The third-order valence-electron chi connectivity index (χ3n) is 1.70. The molecule has 0 fully saturated rings. The summed E-state index contributed by atoms with van der Waals surface area (Å²) in [6, 6.07) is 17.1. The van der Waals surface area contributed by atoms with E-state index in [1.165, 1.54) is 19.8 Å². The predicted octanol–water partition coefficient (Wildman–Crippen LogP) is 6.92. The molecule has 0 unspecified atom stereocenters. The number of hydrogen-bond acceptors (Lipinski definition) is 4. The first-order valence-electron chi connectivity index (χ1n) is 9.19. The normalized spacial score (nSPS) is 6.89. The largest absolute Gasteiger partial charge is 0.304 e. The minimum absolute atomic E-state index is 0. The van der Waals surface area contributed by atoms with Crippen LogP contribution in [0.2, 0.25) is 0 Å². The van der Waals surface area contributed by atoms with E-state index in [1.54, 1.807) is 37.2 Å². The lowest BCUT2D eigenvalue weighted by Gasteiger charge is -1.70. The highest BCUT2D eigenvalue weighted by atomic mass is 16.1. The lowest BCUT2D eigenvalue weighted by molar-refractivity contribution is -0.106. The fraction of sp³-hybridized carbons (Fsp3) is 0.333. The lowest BCUT2D eigenvalue weighted by Crippen LogP contribution is -1.58. The summed E-state index contributed by atoms with van der Waals surface area (Å²) in [6.45, 7) is 9.94. The monoisotopic (exact) mass is 385 g/mol. The second kappa shape index (κ2) is 39.3. The summed E-state index contributed by atoms with van der Waals surface area (Å²) in [4.78, 5) is 20.2. The topological polar surface area (TPSA) is 55.7 Å². The molecule has 3 aromatic heterocycles. The Morgan fingerprint density at radius 3 is 0.714 bits per heavy atom. The SMILES string of the molecule is C.CC=O.CCC.CCC.c1ccncc1.c1ccncc1.c1ccncc1. The van der Waals surface area contributed by atoms with Gasteiger partial charge in [-0.3, -0.25) is 15.0 Å². The van der Waals surface area contributed by atoms with E-state index in [0.717, 1.165) is 6.29 Å². The highest BCUT2D eigenvalue weighted by molar-refractivity contribution is 5.44. The molecule has 3 rings (SSSR count). The Morgan fingerprint density at radius 2 is 0.679 bits per heavy atom. The Kier molecular flexibility index (Phi) is 45.9. The number of rotatable bonds is 0. The van der Waals surface area contributed by atoms with Gasteiger partial charge in [0.15, 0.2) is 0 Å². The molecule has 0 saturated carbocycles. The smallest absolute Gasteiger partial charge is 0.116 e. The van der Waals surface area contributed by atoms with Gasteiger partial charge in [0.25, 0.3) is 0 Å². The average molecular weight is 386 g/mol. The zero-order valence-corrected chi connectivity index (χ0v) is 17.4. The molecule has 0 amide bonds. The molecule has 4 nitrogen and oxygen atoms in total. The van der Waals surface area contributed by atoms with E-state index in [4.69, 9.17) is 4.79 Å². The van der Waals surface area contributed by atoms with Crippen molar-refractivity contribution in [3.63, 3.8) is 0 Å². The molecule has 0 radical (unpaired) electrons. The van der Waals surface area contributed by atoms with Crippen LogP contribution in [0, 0.1) is 0 Å². The van der Waals surface area contributed by atoms with Crippen molar-refractivity contribution >= 4 is 6.29 Å². The molecule has 3 heterocycles. The second-order valence-corrected chi connectivity index (χ2v) is 4.72. The number of nitrogens with zero attached hydrogens (tertiary/aromatic N) is 3. The number of carbonyl (C=O) groups excluding carboxylic acids is 1. The molecule has 0 saturated heterocycles. The molecular weight excluding hydrogens is 346 g/mol. The van der Waals surface area contributed by atoms with Crippen LogP contribution in [-0.2, 0) is 4.79 Å². The Balaban J connectivity index is -0.000000127. The standard InChI is InChI=1S/3C5H5N.2C3H8.C2H4O.CH4/c3*1-2-4-6-5-3-1;2*1-3-2;1-2-3;/h3*1-5H;2*3H2,1-2H3;2H,1H3;1H4. The van der Waals surface area contributed by atoms with Crippen LogP contribution < -0.4 is 0 Å². The van der Waals surface area contributed by atoms with E-state index in [0.29, 0.717) is 0 Å². The Hall–Kier alpha value is -2.88. The van der Waals surface area contributed by atoms with E-state index < -0.39 is 0 Å². The first-order valence-corrected chi connectivity index (χ1v) is 9.19. The molecule has 0 aliphatic carbocycles. The van der Waals surface area contributed by atoms with Gasteiger partial charge in [-0.05, 0) is 43.3 Å². The second-order valence-electron chi connectivity index (χ2n) is 4.72. The van der Waals surface area contributed by atoms with E-state index in [-0.39, 0.29) is 7.43 Å². The van der Waals surface area contributed by atoms with Crippen LogP contribution in [0.25, 0.3) is 0 Å². The van der Waals surface area contributed by atoms with Gasteiger partial charge in [0.2, 0.25) is 0 Å². The Labute approximate surface area is 173 Å². The van der Waals surface area contributed by atoms with Gasteiger partial charge in [-0.1, -0.05) is 66.2 Å². The van der Waals surface area contributed by atoms with Gasteiger partial charge in [0.05, 0.1) is 0 Å². The Bertz CT molecular complexity index is 377. The molecule has 0 atom stereocenters. The summed E-state index contributed by atoms with van der Waals surface area (Å²) < 4.78 is 0. The summed E-state index contributed by atoms with van der Waals surface area (Å²) in [5, 5.41) is 0. The molecule has 0 aliphatic heterocycles. The summed E-state index contributed by atoms with van der Waals surface area (Å²) in [5.41, 5.74) is 0. The number of carbonyl (C=O) groups is 1. The number of aldehydes is 1. The van der Waals surface area contributed by atoms with Crippen molar-refractivity contribution in [1.82, 2.24) is 15.0 Å². The van der Waals surface area contributed by atoms with Crippen LogP contribution in [0.4, 0.5) is 0 Å². The van der Waals surface area contributed by atoms with Crippen LogP contribution in [0.3, 0.4) is 0 Å². The number of hydrogen-bond donors (Lipinski definition) is 0. The Morgan fingerprint density at radius 1 is 0.536 bits per heavy atom. The van der Waals surface area contributed by atoms with Crippen molar-refractivity contribution in [1.29, 1.82) is 0 Å². The van der Waals surface area contributed by atoms with Crippen LogP contribution in [-0.4, -0.2) is 21.2 Å². The van der Waals surface area contributed by atoms with Crippen molar-refractivity contribution in [2.75, 3.05) is 0 Å². The predicted molar refractivity (Wildman–Crippen MR) is 123 cm³/mol. The van der Waals surface area contributed by atoms with Gasteiger partial charge in [0, 0.05) is 37.2 Å². The molecule has 0 bridgehead atoms. The third-order valence-corrected chi connectivity index (χ3v) is 1.70. The van der Waals surface area contributed by atoms with Crippen molar-refractivity contribution < 1.29 is 4.79 Å². The van der Waals surface area contributed by atoms with E-state index in [1.807, 2.05) is 54.6 Å². The van der Waals surface area contributed by atoms with E-state index in [2.05, 4.69) is 42.6 Å². The first-order chi connectivity index (χ1) is 13.2. The zero-order chi connectivity index (χ0) is 20.8. The van der Waals surface area contributed by atoms with Gasteiger partial charge >= 0.3 is 0 Å². The maximum absolute atomic E-state index is 8.81. The fourth-order valence-electron chi connectivity index (χ4n) is 0.938. The highest BCUT2D eigenvalue weighted by Crippen LogP contribution is 1.74. The number of aromatic nitrogens is 3. The molecule has 156 valence electrons. The average Bonchev–Trinajstić information content (AvgIpc) is 2.75. The van der Waals surface area contributed by atoms with Gasteiger partial charge in [-0.15, -0.1) is 0 Å². The van der Waals surface area contributed by atoms with Gasteiger partial charge in [-0.25, -0.2) is 0 Å². The van der Waals surface area contributed by atoms with Crippen molar-refractivity contribution in [3.05, 3.63) is 91.8 Å². The minimum Gasteiger partial charge on any atom is -0.304 e. The van der Waals surface area contributed by atoms with Crippen molar-refractivity contribution in [2.45, 2.75) is 54.9 Å². The molecule has 0 spiro atoms. The summed E-state index contributed by atoms with van der Waals surface area (Å²) in [7, 11) is 0. The van der Waals surface area contributed by atoms with Crippen molar-refractivity contribution in [3.8, 4) is 0 Å². The maximum Gasteiger partial charge on any atom is 0.116 e. The van der Waals surface area contributed by atoms with Crippen LogP contribution in [0.15, 0.2) is 91.8 Å². The van der Waals surface area contributed by atoms with Gasteiger partial charge in [0.1, 0.15) is 6.29 Å². The molecule has 4 heteroatoms. The van der Waals surface area contributed by atoms with Gasteiger partial charge < -0.3 is 4.79 Å². The minimum atomic E-state index is 0. The van der Waals surface area contributed by atoms with E-state index in [9.17, 15) is 0 Å². The lowest BCUT2D eigenvalue weighted by atomic mass is 10.5. The molecular formula is C24H39N3O. The summed E-state index contributed by atoms with van der Waals surface area (Å²) in [5.74, 6) is 0. The van der Waals surface area contributed by atoms with E-state index >= 15 is 0 Å². The van der Waals surface area contributed by atoms with Crippen LogP contribution >= 0.6 is 0 Å². The quantitative estimate of drug-likeness (QED) is 0.394. The first kappa shape index (κ1) is 32.8. The van der Waals surface area contributed by atoms with Gasteiger partial charge in [-0.2, -0.15) is 0 Å². The molecule has 0 N–H and O–H groups in total. The number of pyridine rings is 3. The molecule has 0 aliphatic rings.